The first-order valence-corrected chi connectivity index (χ1v) is 7.65. The van der Waals surface area contributed by atoms with Crippen molar-refractivity contribution in [3.8, 4) is 5.88 Å². The highest BCUT2D eigenvalue weighted by atomic mass is 35.5. The Morgan fingerprint density at radius 3 is 2.76 bits per heavy atom. The van der Waals surface area contributed by atoms with E-state index in [0.29, 0.717) is 29.1 Å². The Labute approximate surface area is 135 Å². The lowest BCUT2D eigenvalue weighted by atomic mass is 10.2. The number of halogens is 2. The van der Waals surface area contributed by atoms with E-state index in [4.69, 9.17) is 27.9 Å². The molecule has 0 aliphatic carbocycles. The summed E-state index contributed by atoms with van der Waals surface area (Å²) in [7, 11) is 0. The molecule has 0 unspecified atom stereocenters. The number of nitrogens with zero attached hydrogens (tertiary/aromatic N) is 1. The molecule has 1 aromatic heterocycles. The molecular formula is C16H18Cl2N2O. The average Bonchev–Trinajstić information content (AvgIpc) is 2.50. The largest absolute Gasteiger partial charge is 0.476 e. The van der Waals surface area contributed by atoms with Crippen LogP contribution in [0, 0.1) is 0 Å². The Morgan fingerprint density at radius 2 is 2.10 bits per heavy atom. The first kappa shape index (κ1) is 16.1. The van der Waals surface area contributed by atoms with Crippen molar-refractivity contribution in [2.75, 3.05) is 6.61 Å². The smallest absolute Gasteiger partial charge is 0.213 e. The molecular weight excluding hydrogens is 307 g/mol. The van der Waals surface area contributed by atoms with Crippen LogP contribution in [0.15, 0.2) is 42.6 Å². The summed E-state index contributed by atoms with van der Waals surface area (Å²) in [5.41, 5.74) is 1.03. The van der Waals surface area contributed by atoms with E-state index in [1.54, 1.807) is 12.3 Å². The van der Waals surface area contributed by atoms with Crippen molar-refractivity contribution in [3.63, 3.8) is 0 Å². The summed E-state index contributed by atoms with van der Waals surface area (Å²) in [4.78, 5) is 4.14. The molecule has 1 N–H and O–H groups in total. The molecule has 0 amide bonds. The molecule has 1 atom stereocenters. The fraction of sp³-hybridized carbons (Fsp3) is 0.312. The van der Waals surface area contributed by atoms with Gasteiger partial charge in [-0.1, -0.05) is 42.3 Å². The number of aromatic nitrogens is 1. The van der Waals surface area contributed by atoms with Gasteiger partial charge in [0.25, 0.3) is 0 Å². The first-order valence-electron chi connectivity index (χ1n) is 6.90. The summed E-state index contributed by atoms with van der Waals surface area (Å²) in [6, 6.07) is 11.4. The highest BCUT2D eigenvalue weighted by Crippen LogP contribution is 2.20. The SMILES string of the molecule is CC[C@H](COc1ccccn1)NCc1ccc(Cl)cc1Cl. The molecule has 1 heterocycles. The zero-order valence-corrected chi connectivity index (χ0v) is 13.4. The van der Waals surface area contributed by atoms with Crippen LogP contribution in [-0.2, 0) is 6.54 Å². The van der Waals surface area contributed by atoms with E-state index in [0.717, 1.165) is 12.0 Å². The number of hydrogen-bond donors (Lipinski definition) is 1. The minimum absolute atomic E-state index is 0.235. The molecule has 2 rings (SSSR count). The van der Waals surface area contributed by atoms with Gasteiger partial charge in [-0.3, -0.25) is 0 Å². The third kappa shape index (κ3) is 5.20. The van der Waals surface area contributed by atoms with Gasteiger partial charge in [0.15, 0.2) is 0 Å². The summed E-state index contributed by atoms with van der Waals surface area (Å²) >= 11 is 12.1. The summed E-state index contributed by atoms with van der Waals surface area (Å²) in [5, 5.41) is 4.76. The van der Waals surface area contributed by atoms with Crippen LogP contribution in [0.1, 0.15) is 18.9 Å². The number of hydrogen-bond acceptors (Lipinski definition) is 3. The van der Waals surface area contributed by atoms with E-state index in [-0.39, 0.29) is 6.04 Å². The van der Waals surface area contributed by atoms with E-state index >= 15 is 0 Å². The van der Waals surface area contributed by atoms with E-state index in [2.05, 4.69) is 17.2 Å². The highest BCUT2D eigenvalue weighted by molar-refractivity contribution is 6.35. The van der Waals surface area contributed by atoms with E-state index < -0.39 is 0 Å². The van der Waals surface area contributed by atoms with Gasteiger partial charge in [0.05, 0.1) is 0 Å². The monoisotopic (exact) mass is 324 g/mol. The van der Waals surface area contributed by atoms with Crippen molar-refractivity contribution in [2.24, 2.45) is 0 Å². The number of benzene rings is 1. The van der Waals surface area contributed by atoms with Crippen molar-refractivity contribution in [1.82, 2.24) is 10.3 Å². The predicted octanol–water partition coefficient (Wildman–Crippen LogP) is 4.34. The molecule has 0 aliphatic rings. The second-order valence-corrected chi connectivity index (χ2v) is 5.54. The van der Waals surface area contributed by atoms with E-state index in [9.17, 15) is 0 Å². The molecule has 0 saturated heterocycles. The first-order chi connectivity index (χ1) is 10.2. The van der Waals surface area contributed by atoms with Crippen LogP contribution in [-0.4, -0.2) is 17.6 Å². The quantitative estimate of drug-likeness (QED) is 0.822. The zero-order chi connectivity index (χ0) is 15.1. The molecule has 1 aromatic carbocycles. The van der Waals surface area contributed by atoms with Crippen LogP contribution in [0.25, 0.3) is 0 Å². The van der Waals surface area contributed by atoms with Gasteiger partial charge in [0.1, 0.15) is 6.61 Å². The Hall–Kier alpha value is -1.29. The lowest BCUT2D eigenvalue weighted by Crippen LogP contribution is -2.33. The van der Waals surface area contributed by atoms with Crippen LogP contribution < -0.4 is 10.1 Å². The maximum absolute atomic E-state index is 6.16. The van der Waals surface area contributed by atoms with E-state index in [1.165, 1.54) is 0 Å². The number of nitrogens with one attached hydrogen (secondary N) is 1. The fourth-order valence-electron chi connectivity index (χ4n) is 1.86. The predicted molar refractivity (Wildman–Crippen MR) is 87.1 cm³/mol. The van der Waals surface area contributed by atoms with Crippen LogP contribution in [0.5, 0.6) is 5.88 Å². The molecule has 3 nitrogen and oxygen atoms in total. The summed E-state index contributed by atoms with van der Waals surface area (Å²) in [5.74, 6) is 0.641. The summed E-state index contributed by atoms with van der Waals surface area (Å²) < 4.78 is 5.67. The van der Waals surface area contributed by atoms with Gasteiger partial charge in [-0.05, 0) is 30.2 Å². The van der Waals surface area contributed by atoms with Gasteiger partial charge >= 0.3 is 0 Å². The highest BCUT2D eigenvalue weighted by Gasteiger charge is 2.09. The van der Waals surface area contributed by atoms with Gasteiger partial charge in [-0.2, -0.15) is 0 Å². The van der Waals surface area contributed by atoms with Gasteiger partial charge in [-0.25, -0.2) is 4.98 Å². The second-order valence-electron chi connectivity index (χ2n) is 4.70. The maximum atomic E-state index is 6.16. The van der Waals surface area contributed by atoms with Gasteiger partial charge in [-0.15, -0.1) is 0 Å². The maximum Gasteiger partial charge on any atom is 0.213 e. The Kier molecular flexibility index (Phi) is 6.30. The van der Waals surface area contributed by atoms with Crippen LogP contribution >= 0.6 is 23.2 Å². The van der Waals surface area contributed by atoms with E-state index in [1.807, 2.05) is 30.3 Å². The fourth-order valence-corrected chi connectivity index (χ4v) is 2.33. The lowest BCUT2D eigenvalue weighted by molar-refractivity contribution is 0.251. The number of pyridine rings is 1. The number of ether oxygens (including phenoxy) is 1. The lowest BCUT2D eigenvalue weighted by Gasteiger charge is -2.18. The average molecular weight is 325 g/mol. The molecule has 0 spiro atoms. The second kappa shape index (κ2) is 8.23. The minimum atomic E-state index is 0.235. The van der Waals surface area contributed by atoms with Crippen LogP contribution in [0.3, 0.4) is 0 Å². The molecule has 0 saturated carbocycles. The Balaban J connectivity index is 1.85. The van der Waals surface area contributed by atoms with Gasteiger partial charge in [0, 0.05) is 34.9 Å². The molecule has 0 aliphatic heterocycles. The van der Waals surface area contributed by atoms with Crippen molar-refractivity contribution < 1.29 is 4.74 Å². The third-order valence-corrected chi connectivity index (χ3v) is 3.75. The molecule has 0 radical (unpaired) electrons. The molecule has 5 heteroatoms. The van der Waals surface area contributed by atoms with Crippen LogP contribution in [0.4, 0.5) is 0 Å². The van der Waals surface area contributed by atoms with Crippen LogP contribution in [0.2, 0.25) is 10.0 Å². The number of rotatable bonds is 7. The normalized spacial score (nSPS) is 12.1. The molecule has 21 heavy (non-hydrogen) atoms. The third-order valence-electron chi connectivity index (χ3n) is 3.16. The van der Waals surface area contributed by atoms with Gasteiger partial charge < -0.3 is 10.1 Å². The van der Waals surface area contributed by atoms with Gasteiger partial charge in [0.2, 0.25) is 5.88 Å². The minimum Gasteiger partial charge on any atom is -0.476 e. The summed E-state index contributed by atoms with van der Waals surface area (Å²) in [6.45, 7) is 3.36. The topological polar surface area (TPSA) is 34.1 Å². The Morgan fingerprint density at radius 1 is 1.24 bits per heavy atom. The van der Waals surface area contributed by atoms with Crippen molar-refractivity contribution in [2.45, 2.75) is 25.9 Å². The zero-order valence-electron chi connectivity index (χ0n) is 11.9. The molecule has 112 valence electrons. The van der Waals surface area contributed by atoms with Crippen molar-refractivity contribution in [3.05, 3.63) is 58.2 Å². The van der Waals surface area contributed by atoms with Crippen molar-refractivity contribution >= 4 is 23.2 Å². The van der Waals surface area contributed by atoms with Crippen molar-refractivity contribution in [1.29, 1.82) is 0 Å². The summed E-state index contributed by atoms with van der Waals surface area (Å²) in [6.07, 6.45) is 2.68. The standard InChI is InChI=1S/C16H18Cl2N2O/c1-2-14(11-21-16-5-3-4-8-19-16)20-10-12-6-7-13(17)9-15(12)18/h3-9,14,20H,2,10-11H2,1H3/t14-/m1/s1. The molecule has 0 bridgehead atoms. The molecule has 0 fully saturated rings. The Bertz CT molecular complexity index is 563. The molecule has 2 aromatic rings.